The van der Waals surface area contributed by atoms with Gasteiger partial charge in [0.25, 0.3) is 5.91 Å². The van der Waals surface area contributed by atoms with E-state index < -0.39 is 0 Å². The number of amides is 1. The third-order valence-electron chi connectivity index (χ3n) is 5.15. The van der Waals surface area contributed by atoms with Crippen LogP contribution in [-0.4, -0.2) is 26.5 Å². The predicted octanol–water partition coefficient (Wildman–Crippen LogP) is 3.71. The number of aryl methyl sites for hydroxylation is 1. The molecule has 4 rings (SSSR count). The summed E-state index contributed by atoms with van der Waals surface area (Å²) in [7, 11) is 0. The number of anilines is 1. The van der Waals surface area contributed by atoms with Crippen LogP contribution < -0.4 is 10.6 Å². The monoisotopic (exact) mass is 363 g/mol. The van der Waals surface area contributed by atoms with E-state index in [0.29, 0.717) is 17.8 Å². The molecule has 0 aliphatic heterocycles. The molecule has 0 atom stereocenters. The van der Waals surface area contributed by atoms with Gasteiger partial charge < -0.3 is 10.6 Å². The number of hydrogen-bond acceptors (Lipinski definition) is 4. The van der Waals surface area contributed by atoms with Crippen LogP contribution in [0, 0.1) is 6.92 Å². The molecule has 27 heavy (non-hydrogen) atoms. The molecule has 0 saturated heterocycles. The molecule has 0 unspecified atom stereocenters. The van der Waals surface area contributed by atoms with Crippen molar-refractivity contribution in [1.29, 1.82) is 0 Å². The summed E-state index contributed by atoms with van der Waals surface area (Å²) < 4.78 is 1.65. The molecule has 6 nitrogen and oxygen atoms in total. The zero-order valence-corrected chi connectivity index (χ0v) is 15.6. The second kappa shape index (κ2) is 7.78. The summed E-state index contributed by atoms with van der Waals surface area (Å²) in [6.07, 6.45) is 9.18. The van der Waals surface area contributed by atoms with Crippen molar-refractivity contribution in [3.8, 4) is 0 Å². The number of fused-ring (bicyclic) bond motifs is 1. The van der Waals surface area contributed by atoms with Crippen LogP contribution in [0.1, 0.15) is 53.6 Å². The number of benzene rings is 1. The quantitative estimate of drug-likeness (QED) is 0.725. The Bertz CT molecular complexity index is 925. The second-order valence-corrected chi connectivity index (χ2v) is 7.29. The maximum Gasteiger partial charge on any atom is 0.256 e. The molecule has 1 aliphatic rings. The van der Waals surface area contributed by atoms with Gasteiger partial charge in [-0.1, -0.05) is 49.1 Å². The Morgan fingerprint density at radius 2 is 1.93 bits per heavy atom. The summed E-state index contributed by atoms with van der Waals surface area (Å²) in [5.74, 6) is 0.648. The molecule has 140 valence electrons. The fraction of sp³-hybridized carbons (Fsp3) is 0.381. The van der Waals surface area contributed by atoms with Gasteiger partial charge in [-0.05, 0) is 31.4 Å². The number of nitrogens with one attached hydrogen (secondary N) is 2. The lowest BCUT2D eigenvalue weighted by molar-refractivity contribution is 0.0929. The molecule has 6 heteroatoms. The number of nitrogens with zero attached hydrogens (tertiary/aromatic N) is 3. The summed E-state index contributed by atoms with van der Waals surface area (Å²) in [4.78, 5) is 17.3. The van der Waals surface area contributed by atoms with Crippen LogP contribution in [0.25, 0.3) is 5.65 Å². The summed E-state index contributed by atoms with van der Waals surface area (Å²) in [5, 5.41) is 10.7. The van der Waals surface area contributed by atoms with Gasteiger partial charge in [0.1, 0.15) is 11.4 Å². The maximum absolute atomic E-state index is 12.7. The zero-order valence-electron chi connectivity index (χ0n) is 15.6. The van der Waals surface area contributed by atoms with E-state index in [1.807, 2.05) is 12.3 Å². The van der Waals surface area contributed by atoms with Crippen molar-refractivity contribution in [3.05, 3.63) is 59.4 Å². The largest absolute Gasteiger partial charge is 0.366 e. The average molecular weight is 363 g/mol. The van der Waals surface area contributed by atoms with Crippen LogP contribution in [0.2, 0.25) is 0 Å². The van der Waals surface area contributed by atoms with Crippen molar-refractivity contribution in [3.63, 3.8) is 0 Å². The van der Waals surface area contributed by atoms with Crippen LogP contribution in [0.15, 0.2) is 42.7 Å². The molecule has 1 fully saturated rings. The average Bonchev–Trinajstić information content (AvgIpc) is 3.12. The molecule has 1 aromatic carbocycles. The Morgan fingerprint density at radius 1 is 1.15 bits per heavy atom. The Balaban J connectivity index is 1.48. The smallest absolute Gasteiger partial charge is 0.256 e. The fourth-order valence-corrected chi connectivity index (χ4v) is 3.54. The lowest BCUT2D eigenvalue weighted by atomic mass is 9.95. The molecule has 0 bridgehead atoms. The van der Waals surface area contributed by atoms with E-state index in [1.54, 1.807) is 10.7 Å². The third kappa shape index (κ3) is 4.10. The topological polar surface area (TPSA) is 71.3 Å². The van der Waals surface area contributed by atoms with E-state index in [-0.39, 0.29) is 11.9 Å². The highest BCUT2D eigenvalue weighted by atomic mass is 16.1. The van der Waals surface area contributed by atoms with Crippen molar-refractivity contribution in [2.75, 3.05) is 5.32 Å². The number of hydrogen-bond donors (Lipinski definition) is 2. The van der Waals surface area contributed by atoms with E-state index in [4.69, 9.17) is 0 Å². The van der Waals surface area contributed by atoms with E-state index >= 15 is 0 Å². The van der Waals surface area contributed by atoms with E-state index in [2.05, 4.69) is 51.9 Å². The van der Waals surface area contributed by atoms with Gasteiger partial charge >= 0.3 is 0 Å². The van der Waals surface area contributed by atoms with Crippen molar-refractivity contribution in [1.82, 2.24) is 19.9 Å². The molecular weight excluding hydrogens is 338 g/mol. The molecule has 2 aromatic heterocycles. The van der Waals surface area contributed by atoms with Crippen LogP contribution in [0.3, 0.4) is 0 Å². The zero-order chi connectivity index (χ0) is 18.6. The fourth-order valence-electron chi connectivity index (χ4n) is 3.54. The second-order valence-electron chi connectivity index (χ2n) is 7.29. The van der Waals surface area contributed by atoms with Gasteiger partial charge in [0.2, 0.25) is 0 Å². The highest BCUT2D eigenvalue weighted by molar-refractivity contribution is 5.99. The Kier molecular flexibility index (Phi) is 5.05. The first kappa shape index (κ1) is 17.5. The SMILES string of the molecule is Cc1ccc(CNc2ccn3ncc(C(=O)NC4CCCCC4)c3n2)cc1. The minimum atomic E-state index is -0.0833. The van der Waals surface area contributed by atoms with Crippen molar-refractivity contribution >= 4 is 17.4 Å². The highest BCUT2D eigenvalue weighted by Crippen LogP contribution is 2.19. The van der Waals surface area contributed by atoms with Crippen LogP contribution >= 0.6 is 0 Å². The molecule has 2 N–H and O–H groups in total. The predicted molar refractivity (Wildman–Crippen MR) is 106 cm³/mol. The molecule has 1 amide bonds. The first-order chi connectivity index (χ1) is 13.2. The van der Waals surface area contributed by atoms with E-state index in [0.717, 1.165) is 18.7 Å². The van der Waals surface area contributed by atoms with Gasteiger partial charge in [-0.25, -0.2) is 9.50 Å². The number of carbonyl (C=O) groups excluding carboxylic acids is 1. The Morgan fingerprint density at radius 3 is 2.70 bits per heavy atom. The maximum atomic E-state index is 12.7. The lowest BCUT2D eigenvalue weighted by Crippen LogP contribution is -2.36. The summed E-state index contributed by atoms with van der Waals surface area (Å²) in [6.45, 7) is 2.76. The minimum Gasteiger partial charge on any atom is -0.366 e. The summed E-state index contributed by atoms with van der Waals surface area (Å²) in [6, 6.07) is 10.5. The Hall–Kier alpha value is -2.89. The molecule has 1 saturated carbocycles. The standard InChI is InChI=1S/C21H25N5O/c1-15-7-9-16(10-8-15)13-22-19-11-12-26-20(25-19)18(14-23-26)21(27)24-17-5-3-2-4-6-17/h7-12,14,17H,2-6,13H2,1H3,(H,22,25)(H,24,27). The molecular formula is C21H25N5O. The minimum absolute atomic E-state index is 0.0833. The Labute approximate surface area is 159 Å². The molecule has 2 heterocycles. The van der Waals surface area contributed by atoms with Gasteiger partial charge in [0.05, 0.1) is 6.20 Å². The van der Waals surface area contributed by atoms with Crippen LogP contribution in [-0.2, 0) is 6.54 Å². The number of carbonyl (C=O) groups is 1. The van der Waals surface area contributed by atoms with Gasteiger partial charge in [0.15, 0.2) is 5.65 Å². The van der Waals surface area contributed by atoms with Crippen molar-refractivity contribution in [2.24, 2.45) is 0 Å². The third-order valence-corrected chi connectivity index (χ3v) is 5.15. The van der Waals surface area contributed by atoms with Gasteiger partial charge in [0, 0.05) is 18.8 Å². The van der Waals surface area contributed by atoms with Crippen molar-refractivity contribution < 1.29 is 4.79 Å². The first-order valence-corrected chi connectivity index (χ1v) is 9.64. The van der Waals surface area contributed by atoms with Gasteiger partial charge in [-0.2, -0.15) is 5.10 Å². The van der Waals surface area contributed by atoms with E-state index in [9.17, 15) is 4.79 Å². The molecule has 3 aromatic rings. The molecule has 1 aliphatic carbocycles. The highest BCUT2D eigenvalue weighted by Gasteiger charge is 2.20. The van der Waals surface area contributed by atoms with Crippen molar-refractivity contribution in [2.45, 2.75) is 51.6 Å². The van der Waals surface area contributed by atoms with Gasteiger partial charge in [-0.3, -0.25) is 4.79 Å². The number of rotatable bonds is 5. The summed E-state index contributed by atoms with van der Waals surface area (Å²) >= 11 is 0. The molecule has 0 spiro atoms. The van der Waals surface area contributed by atoms with Crippen LogP contribution in [0.5, 0.6) is 0 Å². The molecule has 0 radical (unpaired) electrons. The number of aromatic nitrogens is 3. The van der Waals surface area contributed by atoms with Crippen LogP contribution in [0.4, 0.5) is 5.82 Å². The van der Waals surface area contributed by atoms with Gasteiger partial charge in [-0.15, -0.1) is 0 Å². The summed E-state index contributed by atoms with van der Waals surface area (Å²) in [5.41, 5.74) is 3.54. The van der Waals surface area contributed by atoms with E-state index in [1.165, 1.54) is 30.4 Å². The normalized spacial score (nSPS) is 15.0. The first-order valence-electron chi connectivity index (χ1n) is 9.64. The lowest BCUT2D eigenvalue weighted by Gasteiger charge is -2.22.